The Kier molecular flexibility index (Phi) is 3.42. The van der Waals surface area contributed by atoms with Crippen LogP contribution in [0.25, 0.3) is 21.8 Å². The summed E-state index contributed by atoms with van der Waals surface area (Å²) in [5, 5.41) is 4.38. The predicted octanol–water partition coefficient (Wildman–Crippen LogP) is 3.93. The van der Waals surface area contributed by atoms with Crippen LogP contribution in [-0.4, -0.2) is 14.3 Å². The zero-order valence-corrected chi connectivity index (χ0v) is 10.9. The van der Waals surface area contributed by atoms with E-state index in [9.17, 15) is 0 Å². The van der Waals surface area contributed by atoms with Crippen molar-refractivity contribution in [2.24, 2.45) is 0 Å². The van der Waals surface area contributed by atoms with Gasteiger partial charge in [0, 0.05) is 22.3 Å². The fraction of sp³-hybridized carbons (Fsp3) is 0. The summed E-state index contributed by atoms with van der Waals surface area (Å²) in [7, 11) is 0. The summed E-state index contributed by atoms with van der Waals surface area (Å²) in [6.45, 7) is 0. The molecule has 0 aliphatic rings. The lowest BCUT2D eigenvalue weighted by Gasteiger charge is -1.90. The van der Waals surface area contributed by atoms with Crippen LogP contribution in [0.5, 0.6) is 0 Å². The number of fused-ring (bicyclic) bond motifs is 2. The maximum absolute atomic E-state index is 4.16. The molecule has 2 aromatic carbocycles. The third-order valence-corrected chi connectivity index (χ3v) is 3.34. The van der Waals surface area contributed by atoms with E-state index < -0.39 is 0 Å². The molecule has 92 valence electrons. The topological polar surface area (TPSA) is 38.7 Å². The molecule has 0 atom stereocenters. The second-order valence-electron chi connectivity index (χ2n) is 3.95. The molecule has 0 amide bonds. The molecule has 2 aromatic heterocycles. The Hall–Kier alpha value is -2.33. The zero-order valence-electron chi connectivity index (χ0n) is 10.1. The van der Waals surface area contributed by atoms with Crippen molar-refractivity contribution in [3.8, 4) is 0 Å². The highest BCUT2D eigenvalue weighted by Gasteiger charge is 1.89. The van der Waals surface area contributed by atoms with Crippen molar-refractivity contribution in [1.29, 1.82) is 0 Å². The molecule has 4 aromatic rings. The molecule has 0 bridgehead atoms. The molecular weight excluding hydrogens is 254 g/mol. The molecular formula is C15H11N3S. The van der Waals surface area contributed by atoms with Gasteiger partial charge in [-0.15, -0.1) is 0 Å². The summed E-state index contributed by atoms with van der Waals surface area (Å²) < 4.78 is 4.16. The van der Waals surface area contributed by atoms with Crippen LogP contribution in [0, 0.1) is 0 Å². The van der Waals surface area contributed by atoms with E-state index in [1.165, 1.54) is 16.9 Å². The first-order valence-electron chi connectivity index (χ1n) is 5.87. The van der Waals surface area contributed by atoms with E-state index in [-0.39, 0.29) is 0 Å². The average Bonchev–Trinajstić information content (AvgIpc) is 2.96. The molecule has 0 saturated heterocycles. The van der Waals surface area contributed by atoms with Gasteiger partial charge in [-0.05, 0) is 23.7 Å². The van der Waals surface area contributed by atoms with Gasteiger partial charge in [-0.25, -0.2) is 9.97 Å². The van der Waals surface area contributed by atoms with Gasteiger partial charge in [0.15, 0.2) is 0 Å². The summed E-state index contributed by atoms with van der Waals surface area (Å²) in [5.74, 6) is 0. The monoisotopic (exact) mass is 265 g/mol. The van der Waals surface area contributed by atoms with Gasteiger partial charge in [-0.1, -0.05) is 36.4 Å². The lowest BCUT2D eigenvalue weighted by molar-refractivity contribution is 1.22. The van der Waals surface area contributed by atoms with Crippen LogP contribution in [0.15, 0.2) is 66.4 Å². The molecule has 0 fully saturated rings. The molecule has 0 N–H and O–H groups in total. The smallest absolute Gasteiger partial charge is 0.116 e. The Balaban J connectivity index is 0.000000117. The summed E-state index contributed by atoms with van der Waals surface area (Å²) in [6, 6.07) is 16.0. The van der Waals surface area contributed by atoms with Crippen molar-refractivity contribution in [2.45, 2.75) is 0 Å². The van der Waals surface area contributed by atoms with Gasteiger partial charge in [-0.2, -0.15) is 4.37 Å². The number of nitrogens with zero attached hydrogens (tertiary/aromatic N) is 3. The summed E-state index contributed by atoms with van der Waals surface area (Å²) in [5.41, 5.74) is 2.10. The van der Waals surface area contributed by atoms with Crippen LogP contribution in [0.1, 0.15) is 0 Å². The van der Waals surface area contributed by atoms with Gasteiger partial charge >= 0.3 is 0 Å². The molecule has 0 aliphatic carbocycles. The van der Waals surface area contributed by atoms with Crippen molar-refractivity contribution in [3.63, 3.8) is 0 Å². The third-order valence-electron chi connectivity index (χ3n) is 2.68. The van der Waals surface area contributed by atoms with Crippen LogP contribution in [0.2, 0.25) is 0 Å². The molecule has 4 heteroatoms. The van der Waals surface area contributed by atoms with E-state index in [1.54, 1.807) is 6.33 Å². The maximum atomic E-state index is 4.16. The molecule has 3 nitrogen and oxygen atoms in total. The van der Waals surface area contributed by atoms with Gasteiger partial charge in [0.05, 0.1) is 11.0 Å². The number of benzene rings is 2. The maximum Gasteiger partial charge on any atom is 0.116 e. The van der Waals surface area contributed by atoms with Gasteiger partial charge in [0.1, 0.15) is 6.33 Å². The highest BCUT2D eigenvalue weighted by molar-refractivity contribution is 7.04. The Morgan fingerprint density at radius 2 is 1.53 bits per heavy atom. The molecule has 0 radical (unpaired) electrons. The molecule has 0 unspecified atom stereocenters. The summed E-state index contributed by atoms with van der Waals surface area (Å²) in [4.78, 5) is 7.97. The molecule has 0 spiro atoms. The first-order chi connectivity index (χ1) is 9.43. The Morgan fingerprint density at radius 1 is 0.789 bits per heavy atom. The van der Waals surface area contributed by atoms with Gasteiger partial charge in [0.25, 0.3) is 0 Å². The molecule has 0 saturated carbocycles. The fourth-order valence-corrected chi connectivity index (χ4v) is 2.38. The number of rotatable bonds is 0. The Labute approximate surface area is 114 Å². The van der Waals surface area contributed by atoms with Crippen molar-refractivity contribution in [2.75, 3.05) is 0 Å². The van der Waals surface area contributed by atoms with Gasteiger partial charge in [-0.3, -0.25) is 0 Å². The second-order valence-corrected chi connectivity index (χ2v) is 4.58. The van der Waals surface area contributed by atoms with Crippen molar-refractivity contribution < 1.29 is 0 Å². The van der Waals surface area contributed by atoms with E-state index in [1.807, 2.05) is 48.7 Å². The lowest BCUT2D eigenvalue weighted by Crippen LogP contribution is -1.77. The van der Waals surface area contributed by atoms with Crippen LogP contribution in [-0.2, 0) is 0 Å². The minimum Gasteiger partial charge on any atom is -0.244 e. The molecule has 4 rings (SSSR count). The van der Waals surface area contributed by atoms with E-state index in [2.05, 4.69) is 25.8 Å². The average molecular weight is 265 g/mol. The van der Waals surface area contributed by atoms with E-state index in [0.29, 0.717) is 0 Å². The Bertz CT molecular complexity index is 699. The van der Waals surface area contributed by atoms with Crippen molar-refractivity contribution >= 4 is 33.3 Å². The third kappa shape index (κ3) is 2.74. The molecule has 19 heavy (non-hydrogen) atoms. The normalized spacial score (nSPS) is 10.1. The highest BCUT2D eigenvalue weighted by Crippen LogP contribution is 2.12. The lowest BCUT2D eigenvalue weighted by atomic mass is 10.2. The zero-order chi connectivity index (χ0) is 12.9. The van der Waals surface area contributed by atoms with Gasteiger partial charge in [0.2, 0.25) is 0 Å². The van der Waals surface area contributed by atoms with E-state index in [4.69, 9.17) is 0 Å². The highest BCUT2D eigenvalue weighted by atomic mass is 32.1. The number of para-hydroxylation sites is 1. The predicted molar refractivity (Wildman–Crippen MR) is 79.2 cm³/mol. The Morgan fingerprint density at radius 3 is 2.32 bits per heavy atom. The second kappa shape index (κ2) is 5.54. The summed E-state index contributed by atoms with van der Waals surface area (Å²) >= 11 is 1.50. The van der Waals surface area contributed by atoms with E-state index >= 15 is 0 Å². The minimum atomic E-state index is 0.998. The largest absolute Gasteiger partial charge is 0.244 e. The quantitative estimate of drug-likeness (QED) is 0.483. The van der Waals surface area contributed by atoms with Crippen LogP contribution in [0.4, 0.5) is 0 Å². The number of hydrogen-bond acceptors (Lipinski definition) is 4. The summed E-state index contributed by atoms with van der Waals surface area (Å²) in [6.07, 6.45) is 3.37. The number of hydrogen-bond donors (Lipinski definition) is 0. The van der Waals surface area contributed by atoms with E-state index in [0.717, 1.165) is 16.4 Å². The SMILES string of the molecule is c1ccc2ncncc2c1.c1ccc2nscc2c1. The standard InChI is InChI=1S/C8H6N2.C7H5NS/c1-2-4-8-7(3-1)5-9-6-10-8;1-2-4-7-6(3-1)5-9-8-7/h1-6H;1-5H. The van der Waals surface area contributed by atoms with Crippen molar-refractivity contribution in [3.05, 3.63) is 66.4 Å². The molecule has 0 aliphatic heterocycles. The number of aromatic nitrogens is 3. The van der Waals surface area contributed by atoms with Gasteiger partial charge < -0.3 is 0 Å². The first kappa shape index (κ1) is 11.7. The van der Waals surface area contributed by atoms with Crippen LogP contribution in [0.3, 0.4) is 0 Å². The molecule has 2 heterocycles. The fourth-order valence-electron chi connectivity index (χ4n) is 1.73. The van der Waals surface area contributed by atoms with Crippen LogP contribution < -0.4 is 0 Å². The van der Waals surface area contributed by atoms with Crippen molar-refractivity contribution in [1.82, 2.24) is 14.3 Å². The minimum absolute atomic E-state index is 0.998. The first-order valence-corrected chi connectivity index (χ1v) is 6.71. The van der Waals surface area contributed by atoms with Crippen LogP contribution >= 0.6 is 11.5 Å².